The van der Waals surface area contributed by atoms with Gasteiger partial charge in [0.2, 0.25) is 10.0 Å². The Hall–Kier alpha value is -1.41. The maximum absolute atomic E-state index is 11.8. The number of hydrogen-bond donors (Lipinski definition) is 2. The molecule has 0 spiro atoms. The van der Waals surface area contributed by atoms with Gasteiger partial charge in [0.25, 0.3) is 5.91 Å². The minimum Gasteiger partial charge on any atom is -0.321 e. The van der Waals surface area contributed by atoms with Crippen molar-refractivity contribution in [3.05, 3.63) is 45.6 Å². The molecular weight excluding hydrogens is 308 g/mol. The number of nitrogens with two attached hydrogens (primary N) is 1. The molecule has 1 aromatic heterocycles. The zero-order chi connectivity index (χ0) is 14.0. The van der Waals surface area contributed by atoms with E-state index in [1.807, 2.05) is 0 Å². The van der Waals surface area contributed by atoms with Gasteiger partial charge < -0.3 is 5.32 Å². The molecule has 3 N–H and O–H groups in total. The number of nitrogens with one attached hydrogen (secondary N) is 1. The molecule has 0 aliphatic carbocycles. The summed E-state index contributed by atoms with van der Waals surface area (Å²) in [5.41, 5.74) is 0.673. The number of sulfonamides is 1. The van der Waals surface area contributed by atoms with E-state index in [1.54, 1.807) is 16.8 Å². The van der Waals surface area contributed by atoms with Crippen LogP contribution in [0, 0.1) is 0 Å². The number of carbonyl (C=O) groups is 1. The number of halogens is 1. The Morgan fingerprint density at radius 1 is 1.32 bits per heavy atom. The van der Waals surface area contributed by atoms with Crippen molar-refractivity contribution in [2.24, 2.45) is 5.14 Å². The molecule has 2 rings (SSSR count). The molecule has 0 saturated carbocycles. The van der Waals surface area contributed by atoms with Gasteiger partial charge in [-0.1, -0.05) is 11.6 Å². The first kappa shape index (κ1) is 14.0. The fourth-order valence-electron chi connectivity index (χ4n) is 1.37. The first-order valence-electron chi connectivity index (χ1n) is 5.04. The summed E-state index contributed by atoms with van der Waals surface area (Å²) in [5, 5.41) is 11.2. The molecule has 1 heterocycles. The average molecular weight is 317 g/mol. The van der Waals surface area contributed by atoms with Crippen molar-refractivity contribution in [2.45, 2.75) is 4.90 Å². The molecule has 0 fully saturated rings. The molecule has 5 nitrogen and oxygen atoms in total. The number of anilines is 1. The molecule has 1 aromatic carbocycles. The van der Waals surface area contributed by atoms with E-state index in [0.717, 1.165) is 0 Å². The Labute approximate surface area is 119 Å². The second-order valence-corrected chi connectivity index (χ2v) is 6.40. The normalized spacial score (nSPS) is 11.3. The zero-order valence-corrected chi connectivity index (χ0v) is 11.8. The lowest BCUT2D eigenvalue weighted by Crippen LogP contribution is -2.14. The Balaban J connectivity index is 2.32. The fraction of sp³-hybridized carbons (Fsp3) is 0. The van der Waals surface area contributed by atoms with Crippen LogP contribution in [0.1, 0.15) is 10.4 Å². The van der Waals surface area contributed by atoms with Crippen LogP contribution in [0.5, 0.6) is 0 Å². The molecule has 0 aliphatic heterocycles. The van der Waals surface area contributed by atoms with Crippen LogP contribution in [0.2, 0.25) is 5.02 Å². The van der Waals surface area contributed by atoms with Gasteiger partial charge in [0, 0.05) is 5.38 Å². The van der Waals surface area contributed by atoms with Crippen LogP contribution in [-0.2, 0) is 10.0 Å². The topological polar surface area (TPSA) is 89.3 Å². The van der Waals surface area contributed by atoms with E-state index in [9.17, 15) is 13.2 Å². The molecule has 0 atom stereocenters. The Morgan fingerprint density at radius 2 is 2.05 bits per heavy atom. The SMILES string of the molecule is NS(=O)(=O)c1ccc(Cl)c(NC(=O)c2ccsc2)c1. The average Bonchev–Trinajstić information content (AvgIpc) is 2.84. The van der Waals surface area contributed by atoms with Crippen LogP contribution in [0.4, 0.5) is 5.69 Å². The lowest BCUT2D eigenvalue weighted by molar-refractivity contribution is 0.102. The van der Waals surface area contributed by atoms with Gasteiger partial charge in [-0.15, -0.1) is 0 Å². The van der Waals surface area contributed by atoms with Gasteiger partial charge in [-0.2, -0.15) is 11.3 Å². The van der Waals surface area contributed by atoms with Crippen molar-refractivity contribution in [2.75, 3.05) is 5.32 Å². The largest absolute Gasteiger partial charge is 0.321 e. The van der Waals surface area contributed by atoms with Crippen molar-refractivity contribution in [3.8, 4) is 0 Å². The van der Waals surface area contributed by atoms with Gasteiger partial charge >= 0.3 is 0 Å². The summed E-state index contributed by atoms with van der Waals surface area (Å²) in [6.07, 6.45) is 0. The quantitative estimate of drug-likeness (QED) is 0.910. The molecule has 0 aliphatic rings. The summed E-state index contributed by atoms with van der Waals surface area (Å²) < 4.78 is 22.5. The lowest BCUT2D eigenvalue weighted by Gasteiger charge is -2.08. The predicted octanol–water partition coefficient (Wildman–Crippen LogP) is 2.30. The van der Waals surface area contributed by atoms with E-state index in [4.69, 9.17) is 16.7 Å². The monoisotopic (exact) mass is 316 g/mol. The number of carbonyl (C=O) groups excluding carboxylic acids is 1. The Kier molecular flexibility index (Phi) is 3.91. The van der Waals surface area contributed by atoms with E-state index in [1.165, 1.54) is 29.5 Å². The van der Waals surface area contributed by atoms with Gasteiger partial charge in [-0.3, -0.25) is 4.79 Å². The number of amides is 1. The van der Waals surface area contributed by atoms with E-state index < -0.39 is 10.0 Å². The third kappa shape index (κ3) is 3.32. The summed E-state index contributed by atoms with van der Waals surface area (Å²) in [4.78, 5) is 11.7. The minimum atomic E-state index is -3.84. The fourth-order valence-corrected chi connectivity index (χ4v) is 2.71. The molecule has 0 bridgehead atoms. The molecule has 0 radical (unpaired) electrons. The number of primary sulfonamides is 1. The first-order chi connectivity index (χ1) is 8.88. The second kappa shape index (κ2) is 5.30. The first-order valence-corrected chi connectivity index (χ1v) is 7.90. The van der Waals surface area contributed by atoms with Gasteiger partial charge in [0.15, 0.2) is 0 Å². The number of hydrogen-bond acceptors (Lipinski definition) is 4. The van der Waals surface area contributed by atoms with E-state index in [2.05, 4.69) is 5.32 Å². The molecule has 0 unspecified atom stereocenters. The van der Waals surface area contributed by atoms with Crippen molar-refractivity contribution >= 4 is 44.6 Å². The van der Waals surface area contributed by atoms with Gasteiger partial charge in [-0.05, 0) is 29.6 Å². The molecule has 2 aromatic rings. The smallest absolute Gasteiger partial charge is 0.256 e. The molecule has 1 amide bonds. The predicted molar refractivity (Wildman–Crippen MR) is 75.1 cm³/mol. The summed E-state index contributed by atoms with van der Waals surface area (Å²) in [7, 11) is -3.84. The number of rotatable bonds is 3. The standard InChI is InChI=1S/C11H9ClN2O3S2/c12-9-2-1-8(19(13,16)17)5-10(9)14-11(15)7-3-4-18-6-7/h1-6H,(H,14,15)(H2,13,16,17). The summed E-state index contributed by atoms with van der Waals surface area (Å²) in [5.74, 6) is -0.366. The van der Waals surface area contributed by atoms with Gasteiger partial charge in [-0.25, -0.2) is 13.6 Å². The number of benzene rings is 1. The number of thiophene rings is 1. The van der Waals surface area contributed by atoms with Crippen LogP contribution >= 0.6 is 22.9 Å². The van der Waals surface area contributed by atoms with Crippen LogP contribution in [-0.4, -0.2) is 14.3 Å². The van der Waals surface area contributed by atoms with Crippen LogP contribution in [0.15, 0.2) is 39.9 Å². The van der Waals surface area contributed by atoms with Crippen LogP contribution < -0.4 is 10.5 Å². The summed E-state index contributed by atoms with van der Waals surface area (Å²) >= 11 is 7.28. The Morgan fingerprint density at radius 3 is 2.63 bits per heavy atom. The van der Waals surface area contributed by atoms with Crippen molar-refractivity contribution < 1.29 is 13.2 Å². The zero-order valence-electron chi connectivity index (χ0n) is 9.46. The van der Waals surface area contributed by atoms with Gasteiger partial charge in [0.05, 0.1) is 21.2 Å². The maximum Gasteiger partial charge on any atom is 0.256 e. The van der Waals surface area contributed by atoms with Gasteiger partial charge in [0.1, 0.15) is 0 Å². The van der Waals surface area contributed by atoms with Crippen molar-refractivity contribution in [1.82, 2.24) is 0 Å². The minimum absolute atomic E-state index is 0.113. The van der Waals surface area contributed by atoms with Crippen LogP contribution in [0.3, 0.4) is 0 Å². The highest BCUT2D eigenvalue weighted by Gasteiger charge is 2.13. The molecular formula is C11H9ClN2O3S2. The van der Waals surface area contributed by atoms with Crippen molar-refractivity contribution in [1.29, 1.82) is 0 Å². The Bertz CT molecular complexity index is 712. The highest BCUT2D eigenvalue weighted by Crippen LogP contribution is 2.25. The molecule has 0 saturated heterocycles. The van der Waals surface area contributed by atoms with E-state index in [0.29, 0.717) is 5.56 Å². The summed E-state index contributed by atoms with van der Waals surface area (Å²) in [6.45, 7) is 0. The van der Waals surface area contributed by atoms with E-state index in [-0.39, 0.29) is 21.5 Å². The second-order valence-electron chi connectivity index (χ2n) is 3.65. The summed E-state index contributed by atoms with van der Waals surface area (Å²) in [6, 6.07) is 5.52. The third-order valence-electron chi connectivity index (χ3n) is 2.30. The van der Waals surface area contributed by atoms with Crippen LogP contribution in [0.25, 0.3) is 0 Å². The van der Waals surface area contributed by atoms with E-state index >= 15 is 0 Å². The molecule has 100 valence electrons. The maximum atomic E-state index is 11.8. The highest BCUT2D eigenvalue weighted by molar-refractivity contribution is 7.89. The lowest BCUT2D eigenvalue weighted by atomic mass is 10.3. The highest BCUT2D eigenvalue weighted by atomic mass is 35.5. The van der Waals surface area contributed by atoms with Crippen molar-refractivity contribution in [3.63, 3.8) is 0 Å². The third-order valence-corrected chi connectivity index (χ3v) is 4.22. The molecule has 19 heavy (non-hydrogen) atoms. The molecule has 8 heteroatoms.